The van der Waals surface area contributed by atoms with Crippen molar-refractivity contribution in [2.24, 2.45) is 5.92 Å². The molecule has 1 saturated heterocycles. The summed E-state index contributed by atoms with van der Waals surface area (Å²) in [6.45, 7) is 2.75. The van der Waals surface area contributed by atoms with Gasteiger partial charge in [-0.2, -0.15) is 5.26 Å². The zero-order valence-electron chi connectivity index (χ0n) is 12.2. The van der Waals surface area contributed by atoms with Gasteiger partial charge >= 0.3 is 0 Å². The van der Waals surface area contributed by atoms with Crippen LogP contribution in [0.25, 0.3) is 0 Å². The minimum Gasteiger partial charge on any atom is -0.349 e. The molecule has 2 rings (SSSR count). The molecule has 1 aromatic rings. The molecule has 0 radical (unpaired) electrons. The van der Waals surface area contributed by atoms with Crippen LogP contribution in [-0.4, -0.2) is 42.9 Å². The van der Waals surface area contributed by atoms with Gasteiger partial charge in [-0.3, -0.25) is 9.69 Å². The molecule has 106 valence electrons. The monoisotopic (exact) mass is 271 g/mol. The third kappa shape index (κ3) is 3.58. The zero-order valence-corrected chi connectivity index (χ0v) is 12.2. The van der Waals surface area contributed by atoms with Gasteiger partial charge < -0.3 is 4.90 Å². The van der Waals surface area contributed by atoms with Crippen LogP contribution in [0.15, 0.2) is 24.3 Å². The van der Waals surface area contributed by atoms with E-state index in [4.69, 9.17) is 5.26 Å². The highest BCUT2D eigenvalue weighted by atomic mass is 16.2. The topological polar surface area (TPSA) is 47.3 Å². The number of nitrogens with zero attached hydrogens (tertiary/aromatic N) is 3. The lowest BCUT2D eigenvalue weighted by Crippen LogP contribution is -2.39. The van der Waals surface area contributed by atoms with Crippen LogP contribution in [0.2, 0.25) is 0 Å². The van der Waals surface area contributed by atoms with Crippen LogP contribution in [0.5, 0.6) is 0 Å². The number of carbonyl (C=O) groups is 1. The maximum Gasteiger partial charge on any atom is 0.225 e. The Morgan fingerprint density at radius 1 is 1.40 bits per heavy atom. The van der Waals surface area contributed by atoms with Crippen molar-refractivity contribution in [2.75, 3.05) is 27.2 Å². The number of amides is 1. The summed E-state index contributed by atoms with van der Waals surface area (Å²) in [5.41, 5.74) is 1.88. The molecule has 0 bridgehead atoms. The average Bonchev–Trinajstić information content (AvgIpc) is 2.47. The van der Waals surface area contributed by atoms with Crippen LogP contribution in [0.3, 0.4) is 0 Å². The third-order valence-electron chi connectivity index (χ3n) is 3.84. The van der Waals surface area contributed by atoms with Crippen molar-refractivity contribution in [1.82, 2.24) is 9.80 Å². The van der Waals surface area contributed by atoms with Crippen molar-refractivity contribution in [3.8, 4) is 6.07 Å². The highest BCUT2D eigenvalue weighted by Crippen LogP contribution is 2.20. The van der Waals surface area contributed by atoms with E-state index in [1.807, 2.05) is 32.3 Å². The predicted molar refractivity (Wildman–Crippen MR) is 77.9 cm³/mol. The van der Waals surface area contributed by atoms with Crippen molar-refractivity contribution in [3.05, 3.63) is 35.4 Å². The number of likely N-dealkylation sites (tertiary alicyclic amines) is 1. The Kier molecular flexibility index (Phi) is 4.75. The van der Waals surface area contributed by atoms with Crippen LogP contribution in [0.4, 0.5) is 0 Å². The van der Waals surface area contributed by atoms with E-state index >= 15 is 0 Å². The molecule has 0 N–H and O–H groups in total. The van der Waals surface area contributed by atoms with Crippen molar-refractivity contribution in [3.63, 3.8) is 0 Å². The Bertz CT molecular complexity index is 511. The summed E-state index contributed by atoms with van der Waals surface area (Å²) in [4.78, 5) is 16.0. The highest BCUT2D eigenvalue weighted by molar-refractivity contribution is 5.78. The lowest BCUT2D eigenvalue weighted by Gasteiger charge is -2.32. The van der Waals surface area contributed by atoms with E-state index in [9.17, 15) is 4.79 Å². The fraction of sp³-hybridized carbons (Fsp3) is 0.500. The molecule has 1 amide bonds. The smallest absolute Gasteiger partial charge is 0.225 e. The molecular weight excluding hydrogens is 250 g/mol. The lowest BCUT2D eigenvalue weighted by atomic mass is 9.95. The summed E-state index contributed by atoms with van der Waals surface area (Å²) in [6, 6.07) is 9.92. The number of carbonyl (C=O) groups excluding carboxylic acids is 1. The first-order chi connectivity index (χ1) is 9.60. The van der Waals surface area contributed by atoms with Gasteiger partial charge in [-0.25, -0.2) is 0 Å². The van der Waals surface area contributed by atoms with E-state index in [1.165, 1.54) is 5.56 Å². The fourth-order valence-electron chi connectivity index (χ4n) is 2.70. The lowest BCUT2D eigenvalue weighted by molar-refractivity contribution is -0.134. The Balaban J connectivity index is 1.88. The Morgan fingerprint density at radius 3 is 2.70 bits per heavy atom. The largest absolute Gasteiger partial charge is 0.349 e. The molecule has 0 unspecified atom stereocenters. The van der Waals surface area contributed by atoms with E-state index in [0.29, 0.717) is 5.56 Å². The van der Waals surface area contributed by atoms with Gasteiger partial charge in [0.2, 0.25) is 5.91 Å². The van der Waals surface area contributed by atoms with E-state index in [-0.39, 0.29) is 11.8 Å². The molecule has 0 atom stereocenters. The Hall–Kier alpha value is -1.86. The van der Waals surface area contributed by atoms with E-state index in [1.54, 1.807) is 4.90 Å². The molecule has 1 fully saturated rings. The predicted octanol–water partition coefficient (Wildman–Crippen LogP) is 1.86. The van der Waals surface area contributed by atoms with Gasteiger partial charge in [0.1, 0.15) is 0 Å². The second kappa shape index (κ2) is 6.53. The number of piperidine rings is 1. The average molecular weight is 271 g/mol. The SMILES string of the molecule is CN(C)C(=O)C1CCN(Cc2cccc(C#N)c2)CC1. The molecular formula is C16H21N3O. The van der Waals surface area contributed by atoms with Gasteiger partial charge in [-0.1, -0.05) is 12.1 Å². The second-order valence-electron chi connectivity index (χ2n) is 5.60. The molecule has 0 aromatic heterocycles. The standard InChI is InChI=1S/C16H21N3O/c1-18(2)16(20)15-6-8-19(9-7-15)12-14-5-3-4-13(10-14)11-17/h3-5,10,15H,6-9,12H2,1-2H3. The zero-order chi connectivity index (χ0) is 14.5. The Labute approximate surface area is 120 Å². The van der Waals surface area contributed by atoms with Gasteiger partial charge in [0.25, 0.3) is 0 Å². The highest BCUT2D eigenvalue weighted by Gasteiger charge is 2.25. The van der Waals surface area contributed by atoms with Gasteiger partial charge in [0.15, 0.2) is 0 Å². The molecule has 4 nitrogen and oxygen atoms in total. The summed E-state index contributed by atoms with van der Waals surface area (Å²) in [5, 5.41) is 8.91. The third-order valence-corrected chi connectivity index (χ3v) is 3.84. The van der Waals surface area contributed by atoms with Crippen molar-refractivity contribution in [2.45, 2.75) is 19.4 Å². The van der Waals surface area contributed by atoms with Gasteiger partial charge in [0.05, 0.1) is 11.6 Å². The number of rotatable bonds is 3. The number of hydrogen-bond donors (Lipinski definition) is 0. The number of benzene rings is 1. The maximum atomic E-state index is 11.9. The maximum absolute atomic E-state index is 11.9. The molecule has 20 heavy (non-hydrogen) atoms. The molecule has 1 aliphatic rings. The number of hydrogen-bond acceptors (Lipinski definition) is 3. The first-order valence-electron chi connectivity index (χ1n) is 7.02. The van der Waals surface area contributed by atoms with Gasteiger partial charge in [-0.05, 0) is 43.6 Å². The summed E-state index contributed by atoms with van der Waals surface area (Å²) in [5.74, 6) is 0.419. The molecule has 1 aromatic carbocycles. The molecule has 0 spiro atoms. The van der Waals surface area contributed by atoms with Crippen molar-refractivity contribution < 1.29 is 4.79 Å². The van der Waals surface area contributed by atoms with Crippen molar-refractivity contribution in [1.29, 1.82) is 5.26 Å². The Morgan fingerprint density at radius 2 is 2.10 bits per heavy atom. The quantitative estimate of drug-likeness (QED) is 0.843. The second-order valence-corrected chi connectivity index (χ2v) is 5.60. The van der Waals surface area contributed by atoms with Crippen LogP contribution in [0.1, 0.15) is 24.0 Å². The van der Waals surface area contributed by atoms with E-state index in [0.717, 1.165) is 32.5 Å². The first-order valence-corrected chi connectivity index (χ1v) is 7.02. The molecule has 0 aliphatic carbocycles. The molecule has 1 aliphatic heterocycles. The summed E-state index contributed by atoms with van der Waals surface area (Å²) >= 11 is 0. The summed E-state index contributed by atoms with van der Waals surface area (Å²) in [7, 11) is 3.64. The summed E-state index contributed by atoms with van der Waals surface area (Å²) < 4.78 is 0. The van der Waals surface area contributed by atoms with Gasteiger partial charge in [-0.15, -0.1) is 0 Å². The van der Waals surface area contributed by atoms with Crippen LogP contribution >= 0.6 is 0 Å². The number of nitriles is 1. The molecule has 4 heteroatoms. The summed E-state index contributed by atoms with van der Waals surface area (Å²) in [6.07, 6.45) is 1.85. The molecule has 0 saturated carbocycles. The molecule has 1 heterocycles. The normalized spacial score (nSPS) is 16.6. The fourth-order valence-corrected chi connectivity index (χ4v) is 2.70. The van der Waals surface area contributed by atoms with Crippen LogP contribution < -0.4 is 0 Å². The van der Waals surface area contributed by atoms with Crippen molar-refractivity contribution >= 4 is 5.91 Å². The first kappa shape index (κ1) is 14.5. The van der Waals surface area contributed by atoms with E-state index in [2.05, 4.69) is 17.0 Å². The van der Waals surface area contributed by atoms with Crippen LogP contribution in [0, 0.1) is 17.2 Å². The minimum absolute atomic E-state index is 0.173. The van der Waals surface area contributed by atoms with E-state index < -0.39 is 0 Å². The van der Waals surface area contributed by atoms with Crippen LogP contribution in [-0.2, 0) is 11.3 Å². The minimum atomic E-state index is 0.173. The van der Waals surface area contributed by atoms with Gasteiger partial charge in [0, 0.05) is 26.6 Å².